The van der Waals surface area contributed by atoms with Gasteiger partial charge in [-0.05, 0) is 82.9 Å². The van der Waals surface area contributed by atoms with Crippen LogP contribution >= 0.6 is 0 Å². The van der Waals surface area contributed by atoms with Crippen LogP contribution in [0.3, 0.4) is 0 Å². The number of anilines is 1. The van der Waals surface area contributed by atoms with Crippen LogP contribution in [-0.2, 0) is 43.4 Å². The molecule has 19 nitrogen and oxygen atoms in total. The summed E-state index contributed by atoms with van der Waals surface area (Å²) in [5, 5.41) is 5.47. The van der Waals surface area contributed by atoms with E-state index in [0.29, 0.717) is 51.2 Å². The topological polar surface area (TPSA) is 215 Å². The number of hydrogen-bond donors (Lipinski definition) is 4. The third-order valence-corrected chi connectivity index (χ3v) is 15.6. The highest BCUT2D eigenvalue weighted by atomic mass is 16.6. The van der Waals surface area contributed by atoms with Gasteiger partial charge in [-0.1, -0.05) is 109 Å². The van der Waals surface area contributed by atoms with E-state index in [0.717, 1.165) is 65.0 Å². The highest BCUT2D eigenvalue weighted by Gasteiger charge is 2.52. The van der Waals surface area contributed by atoms with Gasteiger partial charge in [-0.15, -0.1) is 0 Å². The smallest absolute Gasteiger partial charge is 0.407 e. The molecule has 5 aromatic rings. The highest BCUT2D eigenvalue weighted by Crippen LogP contribution is 2.50. The maximum Gasteiger partial charge on any atom is 0.407 e. The molecule has 5 heterocycles. The third kappa shape index (κ3) is 13.1. The molecule has 8 rings (SSSR count). The van der Waals surface area contributed by atoms with Gasteiger partial charge in [0.25, 0.3) is 0 Å². The summed E-state index contributed by atoms with van der Waals surface area (Å²) in [6, 6.07) is 23.1. The summed E-state index contributed by atoms with van der Waals surface area (Å²) in [6.07, 6.45) is 4.51. The Morgan fingerprint density at radius 3 is 1.35 bits per heavy atom. The van der Waals surface area contributed by atoms with Gasteiger partial charge in [-0.2, -0.15) is 0 Å². The molecule has 2 aromatic heterocycles. The molecule has 0 radical (unpaired) electrons. The number of methoxy groups -OCH3 is 4. The highest BCUT2D eigenvalue weighted by molar-refractivity contribution is 5.87. The standard InChI is InChI=1S/C60H81N9O10/c1-36(2)48(65-58(72)76-10)56(70)67-28-12-14-46(67)54-61-34-44(63-54)38-16-20-40(21-17-38)50-52(78-32-30-74-8)53(79-33-31-75-9)51(69(50)43-26-24-42(25-27-43)60(5,6)7)41-22-18-39(19-23-41)45-35-62-55(64-45)47-15-13-29-68(47)57(71)49(37(3)4)66-59(73)77-11/h16-27,34-37,46-53H,12-15,28-33H2,1-11H3,(H,61,63)(H,62,64)(H,65,72)(H,66,73)/t46-,47-,48-,49-,50+,51+,52-,53-/m0/s1. The van der Waals surface area contributed by atoms with E-state index in [1.165, 1.54) is 19.8 Å². The summed E-state index contributed by atoms with van der Waals surface area (Å²) in [7, 11) is 5.92. The summed E-state index contributed by atoms with van der Waals surface area (Å²) < 4.78 is 34.7. The van der Waals surface area contributed by atoms with Crippen LogP contribution in [0.4, 0.5) is 15.3 Å². The number of nitrogens with one attached hydrogen (secondary N) is 4. The number of likely N-dealkylation sites (tertiary alicyclic amines) is 2. The lowest BCUT2D eigenvalue weighted by Crippen LogP contribution is -2.51. The van der Waals surface area contributed by atoms with Crippen molar-refractivity contribution in [1.82, 2.24) is 40.4 Å². The van der Waals surface area contributed by atoms with Gasteiger partial charge in [0, 0.05) is 33.0 Å². The van der Waals surface area contributed by atoms with Crippen molar-refractivity contribution < 1.29 is 47.6 Å². The van der Waals surface area contributed by atoms with Crippen LogP contribution in [0.5, 0.6) is 0 Å². The Hall–Kier alpha value is -6.80. The van der Waals surface area contributed by atoms with Crippen molar-refractivity contribution in [3.63, 3.8) is 0 Å². The monoisotopic (exact) mass is 1090 g/mol. The molecule has 0 spiro atoms. The number of carbonyl (C=O) groups is 4. The molecule has 426 valence electrons. The zero-order valence-electron chi connectivity index (χ0n) is 47.7. The van der Waals surface area contributed by atoms with Gasteiger partial charge >= 0.3 is 12.2 Å². The number of hydrogen-bond acceptors (Lipinski definition) is 13. The van der Waals surface area contributed by atoms with E-state index in [9.17, 15) is 19.2 Å². The zero-order chi connectivity index (χ0) is 56.5. The lowest BCUT2D eigenvalue weighted by Gasteiger charge is -2.34. The largest absolute Gasteiger partial charge is 0.453 e. The van der Waals surface area contributed by atoms with E-state index in [4.69, 9.17) is 38.4 Å². The number of alkyl carbamates (subject to hydrolysis) is 2. The number of benzene rings is 3. The minimum absolute atomic E-state index is 0.0712. The second-order valence-electron chi connectivity index (χ2n) is 22.5. The summed E-state index contributed by atoms with van der Waals surface area (Å²) in [5.74, 6) is 0.757. The first-order valence-corrected chi connectivity index (χ1v) is 27.7. The van der Waals surface area contributed by atoms with Crippen LogP contribution in [0.15, 0.2) is 85.2 Å². The van der Waals surface area contributed by atoms with Crippen molar-refractivity contribution in [3.8, 4) is 22.5 Å². The first-order chi connectivity index (χ1) is 38.0. The second-order valence-corrected chi connectivity index (χ2v) is 22.5. The fraction of sp³-hybridized carbons (Fsp3) is 0.533. The Labute approximate surface area is 464 Å². The molecule has 8 atom stereocenters. The second kappa shape index (κ2) is 26.0. The molecule has 3 aliphatic rings. The van der Waals surface area contributed by atoms with E-state index < -0.39 is 36.5 Å². The SMILES string of the molecule is COCCO[C@@H]1[C@@H](OCCOC)[C@@H](c2ccc(-c3cnc([C@@H]4CCCN4C(=O)[C@@H](NC(=O)OC)C(C)C)[nH]3)cc2)N(c2ccc(C(C)(C)C)cc2)[C@@H]1c1ccc(-c2cnc([C@@H]3CCCN3C(=O)[C@@H](NC(=O)OC)C(C)C)[nH]2)cc1. The van der Waals surface area contributed by atoms with Crippen LogP contribution in [0.2, 0.25) is 0 Å². The van der Waals surface area contributed by atoms with Crippen molar-refractivity contribution in [1.29, 1.82) is 0 Å². The van der Waals surface area contributed by atoms with Crippen LogP contribution in [-0.4, -0.2) is 146 Å². The van der Waals surface area contributed by atoms with Crippen LogP contribution in [0.25, 0.3) is 22.5 Å². The zero-order valence-corrected chi connectivity index (χ0v) is 47.7. The quantitative estimate of drug-likeness (QED) is 0.0505. The van der Waals surface area contributed by atoms with E-state index in [1.807, 2.05) is 49.9 Å². The van der Waals surface area contributed by atoms with Crippen LogP contribution in [0.1, 0.15) is 127 Å². The molecule has 3 saturated heterocycles. The van der Waals surface area contributed by atoms with Gasteiger partial charge in [-0.25, -0.2) is 19.6 Å². The van der Waals surface area contributed by atoms with Gasteiger partial charge in [0.05, 0.1) is 88.6 Å². The minimum atomic E-state index is -0.734. The average Bonchev–Trinajstić information content (AvgIpc) is 4.47. The minimum Gasteiger partial charge on any atom is -0.453 e. The van der Waals surface area contributed by atoms with Crippen molar-refractivity contribution in [2.45, 2.75) is 128 Å². The van der Waals surface area contributed by atoms with Crippen molar-refractivity contribution >= 4 is 29.7 Å². The first-order valence-electron chi connectivity index (χ1n) is 27.7. The van der Waals surface area contributed by atoms with E-state index in [1.54, 1.807) is 14.2 Å². The van der Waals surface area contributed by atoms with Gasteiger partial charge in [0.2, 0.25) is 11.8 Å². The van der Waals surface area contributed by atoms with E-state index >= 15 is 0 Å². The van der Waals surface area contributed by atoms with E-state index in [-0.39, 0.29) is 53.2 Å². The number of amides is 4. The molecule has 3 aliphatic heterocycles. The predicted octanol–water partition coefficient (Wildman–Crippen LogP) is 9.22. The number of aromatic nitrogens is 4. The molecule has 4 N–H and O–H groups in total. The molecule has 3 fully saturated rings. The summed E-state index contributed by atoms with van der Waals surface area (Å²) in [4.78, 5) is 75.1. The number of H-pyrrole nitrogens is 2. The lowest BCUT2D eigenvalue weighted by molar-refractivity contribution is -0.136. The Morgan fingerprint density at radius 2 is 1.00 bits per heavy atom. The molecule has 79 heavy (non-hydrogen) atoms. The van der Waals surface area contributed by atoms with Crippen molar-refractivity contribution in [2.75, 3.05) is 72.9 Å². The molecule has 0 aliphatic carbocycles. The Balaban J connectivity index is 1.13. The van der Waals surface area contributed by atoms with Crippen LogP contribution < -0.4 is 15.5 Å². The fourth-order valence-electron chi connectivity index (χ4n) is 11.3. The van der Waals surface area contributed by atoms with E-state index in [2.05, 4.69) is 119 Å². The lowest BCUT2D eigenvalue weighted by atomic mass is 9.87. The number of ether oxygens (including phenoxy) is 6. The third-order valence-electron chi connectivity index (χ3n) is 15.6. The maximum atomic E-state index is 13.9. The first kappa shape index (κ1) is 58.4. The number of rotatable bonds is 21. The molecular formula is C60H81N9O10. The number of carbonyl (C=O) groups excluding carboxylic acids is 4. The van der Waals surface area contributed by atoms with Crippen LogP contribution in [0, 0.1) is 11.8 Å². The van der Waals surface area contributed by atoms with Gasteiger partial charge in [0.15, 0.2) is 0 Å². The van der Waals surface area contributed by atoms with Gasteiger partial charge < -0.3 is 63.7 Å². The normalized spacial score (nSPS) is 21.2. The molecule has 4 amide bonds. The fourth-order valence-corrected chi connectivity index (χ4v) is 11.3. The maximum absolute atomic E-state index is 13.9. The summed E-state index contributed by atoms with van der Waals surface area (Å²) in [6.45, 7) is 16.8. The molecule has 19 heteroatoms. The predicted molar refractivity (Wildman–Crippen MR) is 300 cm³/mol. The van der Waals surface area contributed by atoms with Gasteiger partial charge in [-0.3, -0.25) is 9.59 Å². The Bertz CT molecular complexity index is 2650. The molecule has 0 saturated carbocycles. The average molecular weight is 1090 g/mol. The van der Waals surface area contributed by atoms with Crippen molar-refractivity contribution in [2.24, 2.45) is 11.8 Å². The molecule has 3 aromatic carbocycles. The number of aromatic amines is 2. The number of nitrogens with zero attached hydrogens (tertiary/aromatic N) is 5. The van der Waals surface area contributed by atoms with Gasteiger partial charge in [0.1, 0.15) is 35.9 Å². The Morgan fingerprint density at radius 1 is 0.595 bits per heavy atom. The molecule has 0 unspecified atom stereocenters. The summed E-state index contributed by atoms with van der Waals surface area (Å²) in [5.41, 5.74) is 7.64. The Kier molecular flexibility index (Phi) is 19.2. The number of imidazole rings is 2. The molecule has 0 bridgehead atoms. The summed E-state index contributed by atoms with van der Waals surface area (Å²) >= 11 is 0. The van der Waals surface area contributed by atoms with Crippen molar-refractivity contribution in [3.05, 3.63) is 114 Å². The molecular weight excluding hydrogens is 1010 g/mol.